The molecular weight excluding hydrogens is 304 g/mol. The molecule has 6 heteroatoms. The van der Waals surface area contributed by atoms with Gasteiger partial charge in [-0.3, -0.25) is 14.3 Å². The molecule has 0 atom stereocenters. The molecule has 0 spiro atoms. The Morgan fingerprint density at radius 3 is 2.62 bits per heavy atom. The first-order valence-electron chi connectivity index (χ1n) is 8.79. The summed E-state index contributed by atoms with van der Waals surface area (Å²) in [6.45, 7) is 7.02. The highest BCUT2D eigenvalue weighted by Crippen LogP contribution is 2.38. The van der Waals surface area contributed by atoms with E-state index in [2.05, 4.69) is 17.0 Å². The molecule has 1 aromatic rings. The summed E-state index contributed by atoms with van der Waals surface area (Å²) in [5, 5.41) is 7.43. The molecule has 1 saturated heterocycles. The van der Waals surface area contributed by atoms with Gasteiger partial charge in [0.15, 0.2) is 0 Å². The van der Waals surface area contributed by atoms with Crippen LogP contribution in [0.5, 0.6) is 0 Å². The SMILES string of the molecule is C=CC(=O)N1CCC(n2cc(NC(=O)C3(C)CCCC3)cn2)CC1. The Morgan fingerprint density at radius 1 is 1.33 bits per heavy atom. The Hall–Kier alpha value is -2.11. The maximum atomic E-state index is 12.5. The Kier molecular flexibility index (Phi) is 4.73. The summed E-state index contributed by atoms with van der Waals surface area (Å²) < 4.78 is 1.92. The molecule has 1 saturated carbocycles. The van der Waals surface area contributed by atoms with Crippen LogP contribution in [0, 0.1) is 5.41 Å². The van der Waals surface area contributed by atoms with Crippen LogP contribution < -0.4 is 5.32 Å². The van der Waals surface area contributed by atoms with Gasteiger partial charge in [-0.1, -0.05) is 26.3 Å². The van der Waals surface area contributed by atoms with Gasteiger partial charge >= 0.3 is 0 Å². The third kappa shape index (κ3) is 3.37. The molecule has 1 aliphatic heterocycles. The Labute approximate surface area is 142 Å². The number of likely N-dealkylation sites (tertiary alicyclic amines) is 1. The van der Waals surface area contributed by atoms with Gasteiger partial charge in [-0.15, -0.1) is 0 Å². The lowest BCUT2D eigenvalue weighted by Crippen LogP contribution is -2.38. The molecule has 0 aromatic carbocycles. The number of carbonyl (C=O) groups excluding carboxylic acids is 2. The number of amides is 2. The fraction of sp³-hybridized carbons (Fsp3) is 0.611. The molecule has 0 bridgehead atoms. The van der Waals surface area contributed by atoms with Gasteiger partial charge in [-0.2, -0.15) is 5.10 Å². The average Bonchev–Trinajstić information content (AvgIpc) is 3.24. The van der Waals surface area contributed by atoms with Gasteiger partial charge in [0.1, 0.15) is 0 Å². The van der Waals surface area contributed by atoms with E-state index in [1.54, 1.807) is 6.20 Å². The molecule has 6 nitrogen and oxygen atoms in total. The van der Waals surface area contributed by atoms with Crippen LogP contribution in [0.1, 0.15) is 51.5 Å². The van der Waals surface area contributed by atoms with E-state index < -0.39 is 0 Å². The topological polar surface area (TPSA) is 67.2 Å². The lowest BCUT2D eigenvalue weighted by Gasteiger charge is -2.31. The van der Waals surface area contributed by atoms with Crippen molar-refractivity contribution in [2.75, 3.05) is 18.4 Å². The zero-order valence-corrected chi connectivity index (χ0v) is 14.3. The average molecular weight is 330 g/mol. The van der Waals surface area contributed by atoms with Crippen LogP contribution in [-0.2, 0) is 9.59 Å². The van der Waals surface area contributed by atoms with Crippen molar-refractivity contribution >= 4 is 17.5 Å². The number of hydrogen-bond donors (Lipinski definition) is 1. The van der Waals surface area contributed by atoms with Crippen molar-refractivity contribution in [1.29, 1.82) is 0 Å². The molecule has 2 heterocycles. The molecule has 2 amide bonds. The molecule has 1 N–H and O–H groups in total. The molecule has 24 heavy (non-hydrogen) atoms. The highest BCUT2D eigenvalue weighted by atomic mass is 16.2. The minimum atomic E-state index is -0.238. The van der Waals surface area contributed by atoms with E-state index >= 15 is 0 Å². The van der Waals surface area contributed by atoms with Gasteiger partial charge in [0.25, 0.3) is 0 Å². The van der Waals surface area contributed by atoms with Crippen LogP contribution in [0.25, 0.3) is 0 Å². The van der Waals surface area contributed by atoms with Crippen LogP contribution in [0.3, 0.4) is 0 Å². The van der Waals surface area contributed by atoms with Crippen molar-refractivity contribution in [1.82, 2.24) is 14.7 Å². The van der Waals surface area contributed by atoms with E-state index in [0.717, 1.165) is 57.3 Å². The molecule has 2 fully saturated rings. The van der Waals surface area contributed by atoms with Crippen LogP contribution in [0.15, 0.2) is 25.0 Å². The number of carbonyl (C=O) groups is 2. The summed E-state index contributed by atoms with van der Waals surface area (Å²) in [7, 11) is 0. The molecule has 0 radical (unpaired) electrons. The Balaban J connectivity index is 1.57. The Bertz CT molecular complexity index is 623. The quantitative estimate of drug-likeness (QED) is 0.863. The molecule has 1 aliphatic carbocycles. The smallest absolute Gasteiger partial charge is 0.245 e. The maximum Gasteiger partial charge on any atom is 0.245 e. The number of nitrogens with one attached hydrogen (secondary N) is 1. The minimum Gasteiger partial charge on any atom is -0.339 e. The first kappa shape index (κ1) is 16.7. The van der Waals surface area contributed by atoms with Gasteiger partial charge in [-0.25, -0.2) is 0 Å². The summed E-state index contributed by atoms with van der Waals surface area (Å²) in [6, 6.07) is 0.270. The minimum absolute atomic E-state index is 0.00771. The number of rotatable bonds is 4. The zero-order valence-electron chi connectivity index (χ0n) is 14.3. The van der Waals surface area contributed by atoms with Crippen molar-refractivity contribution in [3.05, 3.63) is 25.0 Å². The van der Waals surface area contributed by atoms with Gasteiger partial charge in [0, 0.05) is 24.7 Å². The lowest BCUT2D eigenvalue weighted by molar-refractivity contribution is -0.127. The van der Waals surface area contributed by atoms with Crippen molar-refractivity contribution in [2.45, 2.75) is 51.5 Å². The van der Waals surface area contributed by atoms with Crippen molar-refractivity contribution in [3.63, 3.8) is 0 Å². The van der Waals surface area contributed by atoms with Gasteiger partial charge < -0.3 is 10.2 Å². The Morgan fingerprint density at radius 2 is 2.00 bits per heavy atom. The molecule has 3 rings (SSSR count). The second-order valence-corrected chi connectivity index (χ2v) is 7.19. The van der Waals surface area contributed by atoms with Crippen molar-refractivity contribution < 1.29 is 9.59 Å². The van der Waals surface area contributed by atoms with E-state index in [9.17, 15) is 9.59 Å². The van der Waals surface area contributed by atoms with Gasteiger partial charge in [0.2, 0.25) is 11.8 Å². The molecule has 2 aliphatic rings. The number of aromatic nitrogens is 2. The molecular formula is C18H26N4O2. The van der Waals surface area contributed by atoms with Crippen LogP contribution in [-0.4, -0.2) is 39.6 Å². The predicted octanol–water partition coefficient (Wildman–Crippen LogP) is 2.75. The third-order valence-electron chi connectivity index (χ3n) is 5.44. The zero-order chi connectivity index (χ0) is 17.2. The van der Waals surface area contributed by atoms with Crippen molar-refractivity contribution in [3.8, 4) is 0 Å². The van der Waals surface area contributed by atoms with Crippen LogP contribution in [0.2, 0.25) is 0 Å². The van der Waals surface area contributed by atoms with E-state index in [0.29, 0.717) is 0 Å². The van der Waals surface area contributed by atoms with E-state index in [-0.39, 0.29) is 23.3 Å². The predicted molar refractivity (Wildman–Crippen MR) is 92.5 cm³/mol. The highest BCUT2D eigenvalue weighted by Gasteiger charge is 2.36. The van der Waals surface area contributed by atoms with Crippen molar-refractivity contribution in [2.24, 2.45) is 5.41 Å². The van der Waals surface area contributed by atoms with Crippen LogP contribution >= 0.6 is 0 Å². The van der Waals surface area contributed by atoms with Crippen LogP contribution in [0.4, 0.5) is 5.69 Å². The summed E-state index contributed by atoms with van der Waals surface area (Å²) in [5.74, 6) is 0.0950. The van der Waals surface area contributed by atoms with Gasteiger partial charge in [-0.05, 0) is 31.8 Å². The lowest BCUT2D eigenvalue weighted by atomic mass is 9.88. The van der Waals surface area contributed by atoms with E-state index in [4.69, 9.17) is 0 Å². The molecule has 130 valence electrons. The van der Waals surface area contributed by atoms with E-state index in [1.807, 2.05) is 22.7 Å². The number of nitrogens with zero attached hydrogens (tertiary/aromatic N) is 3. The summed E-state index contributed by atoms with van der Waals surface area (Å²) in [4.78, 5) is 25.9. The third-order valence-corrected chi connectivity index (χ3v) is 5.44. The van der Waals surface area contributed by atoms with E-state index in [1.165, 1.54) is 6.08 Å². The van der Waals surface area contributed by atoms with Gasteiger partial charge in [0.05, 0.1) is 17.9 Å². The summed E-state index contributed by atoms with van der Waals surface area (Å²) in [6.07, 6.45) is 10.9. The summed E-state index contributed by atoms with van der Waals surface area (Å²) >= 11 is 0. The monoisotopic (exact) mass is 330 g/mol. The number of anilines is 1. The fourth-order valence-corrected chi connectivity index (χ4v) is 3.75. The molecule has 1 aromatic heterocycles. The number of piperidine rings is 1. The maximum absolute atomic E-state index is 12.5. The largest absolute Gasteiger partial charge is 0.339 e. The normalized spacial score (nSPS) is 20.8. The number of hydrogen-bond acceptors (Lipinski definition) is 3. The first-order chi connectivity index (χ1) is 11.5. The molecule has 0 unspecified atom stereocenters. The first-order valence-corrected chi connectivity index (χ1v) is 8.79. The fourth-order valence-electron chi connectivity index (χ4n) is 3.75. The standard InChI is InChI=1S/C18H26N4O2/c1-3-16(23)21-10-6-15(7-11-21)22-13-14(12-19-22)20-17(24)18(2)8-4-5-9-18/h3,12-13,15H,1,4-11H2,2H3,(H,20,24). The highest BCUT2D eigenvalue weighted by molar-refractivity contribution is 5.95. The second-order valence-electron chi connectivity index (χ2n) is 7.19. The second kappa shape index (κ2) is 6.79. The summed E-state index contributed by atoms with van der Waals surface area (Å²) in [5.41, 5.74) is 0.524.